The summed E-state index contributed by atoms with van der Waals surface area (Å²) >= 11 is 0. The van der Waals surface area contributed by atoms with Gasteiger partial charge >= 0.3 is 0 Å². The van der Waals surface area contributed by atoms with E-state index in [4.69, 9.17) is 11.5 Å². The SMILES string of the molecule is CCCC(C)(C)C1CC(CC2CCC(N)C(C(C)(C)CCC)C2)CCC1N. The fraction of sp³-hybridized carbons (Fsp3) is 1.00. The van der Waals surface area contributed by atoms with Crippen molar-refractivity contribution in [3.63, 3.8) is 0 Å². The maximum absolute atomic E-state index is 6.60. The Kier molecular flexibility index (Phi) is 8.26. The lowest BCUT2D eigenvalue weighted by molar-refractivity contribution is 0.0586. The molecule has 2 aliphatic carbocycles. The Morgan fingerprint density at radius 3 is 1.37 bits per heavy atom. The summed E-state index contributed by atoms with van der Waals surface area (Å²) < 4.78 is 0. The Morgan fingerprint density at radius 1 is 0.667 bits per heavy atom. The highest BCUT2D eigenvalue weighted by Gasteiger charge is 2.41. The zero-order chi connectivity index (χ0) is 20.2. The van der Waals surface area contributed by atoms with Crippen LogP contribution in [-0.4, -0.2) is 12.1 Å². The summed E-state index contributed by atoms with van der Waals surface area (Å²) in [4.78, 5) is 0. The van der Waals surface area contributed by atoms with E-state index in [0.29, 0.717) is 34.7 Å². The van der Waals surface area contributed by atoms with Crippen molar-refractivity contribution >= 4 is 0 Å². The van der Waals surface area contributed by atoms with Crippen LogP contribution in [0.1, 0.15) is 112 Å². The molecular formula is C25H50N2. The molecule has 0 saturated heterocycles. The number of nitrogens with two attached hydrogens (primary N) is 2. The minimum Gasteiger partial charge on any atom is -0.327 e. The molecular weight excluding hydrogens is 328 g/mol. The third-order valence-electron chi connectivity index (χ3n) is 8.49. The monoisotopic (exact) mass is 378 g/mol. The molecule has 2 fully saturated rings. The number of hydrogen-bond acceptors (Lipinski definition) is 2. The van der Waals surface area contributed by atoms with Crippen LogP contribution in [-0.2, 0) is 0 Å². The molecule has 2 aliphatic rings. The predicted molar refractivity (Wildman–Crippen MR) is 120 cm³/mol. The molecule has 0 aliphatic heterocycles. The normalized spacial score (nSPS) is 36.0. The Hall–Kier alpha value is -0.0800. The third-order valence-corrected chi connectivity index (χ3v) is 8.49. The minimum absolute atomic E-state index is 0.396. The molecule has 2 heteroatoms. The van der Waals surface area contributed by atoms with Gasteiger partial charge in [-0.2, -0.15) is 0 Å². The molecule has 0 amide bonds. The smallest absolute Gasteiger partial charge is 0.00724 e. The van der Waals surface area contributed by atoms with Gasteiger partial charge in [0.25, 0.3) is 0 Å². The summed E-state index contributed by atoms with van der Waals surface area (Å²) in [5.41, 5.74) is 14.0. The summed E-state index contributed by atoms with van der Waals surface area (Å²) in [5, 5.41) is 0. The third kappa shape index (κ3) is 5.95. The van der Waals surface area contributed by atoms with Gasteiger partial charge in [-0.1, -0.05) is 54.4 Å². The van der Waals surface area contributed by atoms with Crippen LogP contribution in [0.3, 0.4) is 0 Å². The Morgan fingerprint density at radius 2 is 1.04 bits per heavy atom. The van der Waals surface area contributed by atoms with Gasteiger partial charge in [-0.05, 0) is 92.3 Å². The van der Waals surface area contributed by atoms with E-state index >= 15 is 0 Å². The van der Waals surface area contributed by atoms with Crippen LogP contribution >= 0.6 is 0 Å². The van der Waals surface area contributed by atoms with E-state index in [1.165, 1.54) is 70.6 Å². The lowest BCUT2D eigenvalue weighted by Crippen LogP contribution is -2.46. The average Bonchev–Trinajstić information content (AvgIpc) is 2.58. The Labute approximate surface area is 170 Å². The maximum atomic E-state index is 6.60. The summed E-state index contributed by atoms with van der Waals surface area (Å²) in [7, 11) is 0. The van der Waals surface area contributed by atoms with Crippen LogP contribution in [0.25, 0.3) is 0 Å². The molecule has 6 atom stereocenters. The van der Waals surface area contributed by atoms with Gasteiger partial charge in [-0.25, -0.2) is 0 Å². The predicted octanol–water partition coefficient (Wildman–Crippen LogP) is 6.52. The van der Waals surface area contributed by atoms with E-state index in [0.717, 1.165) is 11.8 Å². The fourth-order valence-corrected chi connectivity index (χ4v) is 6.92. The summed E-state index contributed by atoms with van der Waals surface area (Å²) in [6.07, 6.45) is 14.5. The first-order valence-electron chi connectivity index (χ1n) is 12.1. The van der Waals surface area contributed by atoms with Crippen molar-refractivity contribution < 1.29 is 0 Å². The first kappa shape index (κ1) is 23.2. The highest BCUT2D eigenvalue weighted by molar-refractivity contribution is 4.94. The zero-order valence-electron chi connectivity index (χ0n) is 19.4. The van der Waals surface area contributed by atoms with Crippen LogP contribution in [0.5, 0.6) is 0 Å². The molecule has 6 unspecified atom stereocenters. The van der Waals surface area contributed by atoms with E-state index in [1.807, 2.05) is 0 Å². The van der Waals surface area contributed by atoms with E-state index in [-0.39, 0.29) is 0 Å². The number of rotatable bonds is 8. The first-order chi connectivity index (χ1) is 12.6. The van der Waals surface area contributed by atoms with Gasteiger partial charge < -0.3 is 11.5 Å². The molecule has 0 bridgehead atoms. The van der Waals surface area contributed by atoms with Crippen molar-refractivity contribution in [3.05, 3.63) is 0 Å². The number of hydrogen-bond donors (Lipinski definition) is 2. The average molecular weight is 379 g/mol. The van der Waals surface area contributed by atoms with Gasteiger partial charge in [-0.3, -0.25) is 0 Å². The van der Waals surface area contributed by atoms with Crippen LogP contribution in [0, 0.1) is 34.5 Å². The molecule has 2 saturated carbocycles. The second-order valence-corrected chi connectivity index (χ2v) is 11.6. The van der Waals surface area contributed by atoms with E-state index in [2.05, 4.69) is 41.5 Å². The van der Waals surface area contributed by atoms with Gasteiger partial charge in [0, 0.05) is 12.1 Å². The first-order valence-corrected chi connectivity index (χ1v) is 12.1. The van der Waals surface area contributed by atoms with Crippen LogP contribution in [0.15, 0.2) is 0 Å². The molecule has 160 valence electrons. The Bertz CT molecular complexity index is 402. The zero-order valence-corrected chi connectivity index (χ0v) is 19.4. The quantitative estimate of drug-likeness (QED) is 0.505. The second kappa shape index (κ2) is 9.61. The molecule has 27 heavy (non-hydrogen) atoms. The molecule has 0 heterocycles. The fourth-order valence-electron chi connectivity index (χ4n) is 6.92. The molecule has 0 radical (unpaired) electrons. The topological polar surface area (TPSA) is 52.0 Å². The second-order valence-electron chi connectivity index (χ2n) is 11.6. The van der Waals surface area contributed by atoms with Crippen LogP contribution in [0.2, 0.25) is 0 Å². The summed E-state index contributed by atoms with van der Waals surface area (Å²) in [6, 6.07) is 0.831. The summed E-state index contributed by atoms with van der Waals surface area (Å²) in [5.74, 6) is 3.18. The molecule has 0 aromatic heterocycles. The van der Waals surface area contributed by atoms with Gasteiger partial charge in [0.1, 0.15) is 0 Å². The van der Waals surface area contributed by atoms with E-state index < -0.39 is 0 Å². The highest BCUT2D eigenvalue weighted by atomic mass is 14.7. The van der Waals surface area contributed by atoms with Gasteiger partial charge in [0.05, 0.1) is 0 Å². The van der Waals surface area contributed by atoms with Gasteiger partial charge in [0.2, 0.25) is 0 Å². The molecule has 2 rings (SSSR count). The lowest BCUT2D eigenvalue weighted by Gasteiger charge is -2.47. The van der Waals surface area contributed by atoms with Crippen molar-refractivity contribution in [3.8, 4) is 0 Å². The van der Waals surface area contributed by atoms with Gasteiger partial charge in [-0.15, -0.1) is 0 Å². The molecule has 0 aromatic carbocycles. The maximum Gasteiger partial charge on any atom is 0.00724 e. The van der Waals surface area contributed by atoms with Crippen molar-refractivity contribution in [2.45, 2.75) is 124 Å². The lowest BCUT2D eigenvalue weighted by atomic mass is 9.60. The van der Waals surface area contributed by atoms with Crippen LogP contribution < -0.4 is 11.5 Å². The van der Waals surface area contributed by atoms with Crippen molar-refractivity contribution in [1.82, 2.24) is 0 Å². The van der Waals surface area contributed by atoms with Crippen molar-refractivity contribution in [2.75, 3.05) is 0 Å². The molecule has 4 N–H and O–H groups in total. The van der Waals surface area contributed by atoms with Gasteiger partial charge in [0.15, 0.2) is 0 Å². The van der Waals surface area contributed by atoms with Crippen LogP contribution in [0.4, 0.5) is 0 Å². The highest BCUT2D eigenvalue weighted by Crippen LogP contribution is 2.48. The minimum atomic E-state index is 0.396. The van der Waals surface area contributed by atoms with E-state index in [1.54, 1.807) is 0 Å². The molecule has 2 nitrogen and oxygen atoms in total. The van der Waals surface area contributed by atoms with Crippen molar-refractivity contribution in [2.24, 2.45) is 46.0 Å². The molecule has 0 spiro atoms. The molecule has 0 aromatic rings. The standard InChI is InChI=1S/C25H50N2/c1-7-13-24(3,4)20-16-18(9-11-22(20)26)15-19-10-12-23(27)21(17-19)25(5,6)14-8-2/h18-23H,7-17,26-27H2,1-6H3. The largest absolute Gasteiger partial charge is 0.327 e. The van der Waals surface area contributed by atoms with Crippen molar-refractivity contribution in [1.29, 1.82) is 0 Å². The summed E-state index contributed by atoms with van der Waals surface area (Å²) in [6.45, 7) is 14.5. The Balaban J connectivity index is 1.98. The van der Waals surface area contributed by atoms with E-state index in [9.17, 15) is 0 Å².